The fraction of sp³-hybridized carbons (Fsp3) is 0.333. The van der Waals surface area contributed by atoms with Crippen LogP contribution in [0.2, 0.25) is 0 Å². The van der Waals surface area contributed by atoms with Crippen LogP contribution >= 0.6 is 0 Å². The lowest BCUT2D eigenvalue weighted by atomic mass is 10.1. The minimum atomic E-state index is 0.0519. The van der Waals surface area contributed by atoms with Gasteiger partial charge < -0.3 is 10.5 Å². The molecule has 2 aromatic rings. The van der Waals surface area contributed by atoms with Gasteiger partial charge in [-0.3, -0.25) is 0 Å². The predicted octanol–water partition coefficient (Wildman–Crippen LogP) is 1.01. The third-order valence-electron chi connectivity index (χ3n) is 3.04. The molecule has 3 rings (SSSR count). The zero-order valence-electron chi connectivity index (χ0n) is 9.41. The topological polar surface area (TPSA) is 66.0 Å². The van der Waals surface area contributed by atoms with E-state index in [0.29, 0.717) is 19.7 Å². The summed E-state index contributed by atoms with van der Waals surface area (Å²) in [5.41, 5.74) is 8.59. The lowest BCUT2D eigenvalue weighted by Crippen LogP contribution is -2.22. The molecule has 1 aromatic carbocycles. The van der Waals surface area contributed by atoms with Crippen molar-refractivity contribution in [2.24, 2.45) is 5.73 Å². The molecule has 1 unspecified atom stereocenters. The number of aromatic nitrogens is 3. The average Bonchev–Trinajstić information content (AvgIpc) is 2.81. The number of hydrogen-bond donors (Lipinski definition) is 1. The maximum absolute atomic E-state index is 5.83. The Morgan fingerprint density at radius 3 is 2.94 bits per heavy atom. The third-order valence-corrected chi connectivity index (χ3v) is 3.04. The molecule has 17 heavy (non-hydrogen) atoms. The van der Waals surface area contributed by atoms with E-state index in [1.54, 1.807) is 0 Å². The molecule has 0 bridgehead atoms. The molecule has 88 valence electrons. The fourth-order valence-corrected chi connectivity index (χ4v) is 2.09. The summed E-state index contributed by atoms with van der Waals surface area (Å²) in [5, 5.41) is 8.16. The molecule has 5 heteroatoms. The summed E-state index contributed by atoms with van der Waals surface area (Å²) < 4.78 is 7.73. The Morgan fingerprint density at radius 1 is 1.35 bits per heavy atom. The van der Waals surface area contributed by atoms with Crippen LogP contribution < -0.4 is 5.73 Å². The highest BCUT2D eigenvalue weighted by molar-refractivity contribution is 5.19. The summed E-state index contributed by atoms with van der Waals surface area (Å²) in [6, 6.07) is 10.2. The normalized spacial score (nSPS) is 19.0. The molecule has 0 amide bonds. The van der Waals surface area contributed by atoms with Crippen LogP contribution in [0.3, 0.4) is 0 Å². The van der Waals surface area contributed by atoms with Gasteiger partial charge in [0.2, 0.25) is 0 Å². The molecule has 1 aliphatic rings. The number of hydrogen-bond acceptors (Lipinski definition) is 4. The number of nitrogens with zero attached hydrogens (tertiary/aromatic N) is 3. The number of rotatable bonds is 2. The van der Waals surface area contributed by atoms with Gasteiger partial charge in [-0.1, -0.05) is 35.5 Å². The summed E-state index contributed by atoms with van der Waals surface area (Å²) in [5.74, 6) is 0. The van der Waals surface area contributed by atoms with Crippen LogP contribution in [0.1, 0.15) is 23.1 Å². The molecule has 0 aliphatic carbocycles. The maximum atomic E-state index is 5.83. The summed E-state index contributed by atoms with van der Waals surface area (Å²) in [6.45, 7) is 1.64. The minimum Gasteiger partial charge on any atom is -0.365 e. The molecule has 0 fully saturated rings. The van der Waals surface area contributed by atoms with Crippen LogP contribution in [-0.4, -0.2) is 15.0 Å². The number of nitrogens with two attached hydrogens (primary N) is 1. The molecule has 0 saturated carbocycles. The SMILES string of the molecule is NCc1nnn2c1COC(c1ccccc1)C2. The zero-order chi connectivity index (χ0) is 11.7. The van der Waals surface area contributed by atoms with Gasteiger partial charge in [0.25, 0.3) is 0 Å². The van der Waals surface area contributed by atoms with Crippen LogP contribution in [0.15, 0.2) is 30.3 Å². The fourth-order valence-electron chi connectivity index (χ4n) is 2.09. The highest BCUT2D eigenvalue weighted by Gasteiger charge is 2.23. The van der Waals surface area contributed by atoms with Crippen LogP contribution in [0.4, 0.5) is 0 Å². The van der Waals surface area contributed by atoms with Gasteiger partial charge >= 0.3 is 0 Å². The van der Waals surface area contributed by atoms with Crippen LogP contribution in [0.5, 0.6) is 0 Å². The Balaban J connectivity index is 1.86. The Labute approximate surface area is 99.2 Å². The van der Waals surface area contributed by atoms with Crippen molar-refractivity contribution in [1.29, 1.82) is 0 Å². The monoisotopic (exact) mass is 230 g/mol. The highest BCUT2D eigenvalue weighted by atomic mass is 16.5. The first-order valence-corrected chi connectivity index (χ1v) is 5.66. The highest BCUT2D eigenvalue weighted by Crippen LogP contribution is 2.26. The van der Waals surface area contributed by atoms with Gasteiger partial charge in [0.15, 0.2) is 0 Å². The van der Waals surface area contributed by atoms with Crippen molar-refractivity contribution in [2.75, 3.05) is 0 Å². The Kier molecular flexibility index (Phi) is 2.62. The van der Waals surface area contributed by atoms with Crippen molar-refractivity contribution < 1.29 is 4.74 Å². The molecule has 0 saturated heterocycles. The molecule has 0 spiro atoms. The van der Waals surface area contributed by atoms with Crippen LogP contribution in [0, 0.1) is 0 Å². The zero-order valence-corrected chi connectivity index (χ0v) is 9.41. The minimum absolute atomic E-state index is 0.0519. The standard InChI is InChI=1S/C12H14N4O/c13-6-10-11-8-17-12(7-16(11)15-14-10)9-4-2-1-3-5-9/h1-5,12H,6-8,13H2. The van der Waals surface area contributed by atoms with Crippen LogP contribution in [-0.2, 0) is 24.4 Å². The van der Waals surface area contributed by atoms with Crippen LogP contribution in [0.25, 0.3) is 0 Å². The quantitative estimate of drug-likeness (QED) is 0.836. The average molecular weight is 230 g/mol. The van der Waals surface area contributed by atoms with Crippen molar-refractivity contribution in [3.63, 3.8) is 0 Å². The number of fused-ring (bicyclic) bond motifs is 1. The van der Waals surface area contributed by atoms with Gasteiger partial charge in [-0.25, -0.2) is 4.68 Å². The Hall–Kier alpha value is -1.72. The second kappa shape index (κ2) is 4.27. The summed E-state index contributed by atoms with van der Waals surface area (Å²) >= 11 is 0. The second-order valence-electron chi connectivity index (χ2n) is 4.08. The van der Waals surface area contributed by atoms with Crippen molar-refractivity contribution in [1.82, 2.24) is 15.0 Å². The summed E-state index contributed by atoms with van der Waals surface area (Å²) in [7, 11) is 0. The van der Waals surface area contributed by atoms with E-state index in [4.69, 9.17) is 10.5 Å². The van der Waals surface area contributed by atoms with Gasteiger partial charge in [0, 0.05) is 6.54 Å². The first-order chi connectivity index (χ1) is 8.38. The third kappa shape index (κ3) is 1.83. The predicted molar refractivity (Wildman–Crippen MR) is 61.9 cm³/mol. The molecular weight excluding hydrogens is 216 g/mol. The molecule has 5 nitrogen and oxygen atoms in total. The molecule has 0 radical (unpaired) electrons. The van der Waals surface area contributed by atoms with E-state index in [9.17, 15) is 0 Å². The van der Waals surface area contributed by atoms with E-state index >= 15 is 0 Å². The van der Waals surface area contributed by atoms with E-state index in [1.807, 2.05) is 22.9 Å². The molecule has 1 aliphatic heterocycles. The molecular formula is C12H14N4O. The van der Waals surface area contributed by atoms with E-state index in [-0.39, 0.29) is 6.10 Å². The van der Waals surface area contributed by atoms with Gasteiger partial charge in [-0.05, 0) is 5.56 Å². The van der Waals surface area contributed by atoms with Gasteiger partial charge in [0.1, 0.15) is 11.8 Å². The largest absolute Gasteiger partial charge is 0.365 e. The smallest absolute Gasteiger partial charge is 0.103 e. The molecule has 2 heterocycles. The maximum Gasteiger partial charge on any atom is 0.103 e. The van der Waals surface area contributed by atoms with E-state index in [2.05, 4.69) is 22.4 Å². The molecule has 1 aromatic heterocycles. The van der Waals surface area contributed by atoms with Crippen molar-refractivity contribution >= 4 is 0 Å². The summed E-state index contributed by atoms with van der Waals surface area (Å²) in [6.07, 6.45) is 0.0519. The van der Waals surface area contributed by atoms with Crippen molar-refractivity contribution in [3.05, 3.63) is 47.3 Å². The number of benzene rings is 1. The summed E-state index contributed by atoms with van der Waals surface area (Å²) in [4.78, 5) is 0. The van der Waals surface area contributed by atoms with E-state index in [1.165, 1.54) is 5.56 Å². The number of ether oxygens (including phenoxy) is 1. The van der Waals surface area contributed by atoms with Gasteiger partial charge in [0.05, 0.1) is 18.8 Å². The Bertz CT molecular complexity index is 508. The first kappa shape index (κ1) is 10.4. The Morgan fingerprint density at radius 2 is 2.18 bits per heavy atom. The molecule has 1 atom stereocenters. The lowest BCUT2D eigenvalue weighted by Gasteiger charge is -2.24. The lowest BCUT2D eigenvalue weighted by molar-refractivity contribution is -0.00178. The van der Waals surface area contributed by atoms with Crippen molar-refractivity contribution in [3.8, 4) is 0 Å². The second-order valence-corrected chi connectivity index (χ2v) is 4.08. The van der Waals surface area contributed by atoms with Crippen molar-refractivity contribution in [2.45, 2.75) is 25.8 Å². The van der Waals surface area contributed by atoms with E-state index in [0.717, 1.165) is 11.4 Å². The van der Waals surface area contributed by atoms with E-state index < -0.39 is 0 Å². The van der Waals surface area contributed by atoms with Gasteiger partial charge in [-0.2, -0.15) is 0 Å². The first-order valence-electron chi connectivity index (χ1n) is 5.66. The van der Waals surface area contributed by atoms with Gasteiger partial charge in [-0.15, -0.1) is 5.10 Å². The molecule has 2 N–H and O–H groups in total.